The van der Waals surface area contributed by atoms with Crippen LogP contribution in [0.4, 0.5) is 0 Å². The van der Waals surface area contributed by atoms with E-state index < -0.39 is 39.7 Å². The monoisotopic (exact) mass is 701 g/mol. The van der Waals surface area contributed by atoms with Crippen LogP contribution in [0.15, 0.2) is 12.1 Å². The molecular formula is C42H55NO8. The number of H-pyrrole nitrogens is 1. The van der Waals surface area contributed by atoms with E-state index in [1.54, 1.807) is 0 Å². The number of aromatic amines is 1. The number of aliphatic hydroxyl groups is 1. The highest BCUT2D eigenvalue weighted by atomic mass is 16.8. The lowest BCUT2D eigenvalue weighted by atomic mass is 9.40. The number of fused-ring (bicyclic) bond motifs is 12. The second kappa shape index (κ2) is 8.98. The van der Waals surface area contributed by atoms with E-state index in [0.717, 1.165) is 43.2 Å². The molecule has 0 amide bonds. The molecule has 13 atom stereocenters. The number of aromatic nitrogens is 1. The van der Waals surface area contributed by atoms with Gasteiger partial charge in [-0.25, -0.2) is 0 Å². The van der Waals surface area contributed by atoms with Crippen LogP contribution in [0.25, 0.3) is 10.9 Å². The van der Waals surface area contributed by atoms with E-state index in [1.165, 1.54) is 22.2 Å². The molecule has 7 fully saturated rings. The van der Waals surface area contributed by atoms with Gasteiger partial charge in [0.25, 0.3) is 0 Å². The molecule has 6 heterocycles. The molecule has 9 heteroatoms. The maximum absolute atomic E-state index is 14.3. The van der Waals surface area contributed by atoms with Gasteiger partial charge in [0.1, 0.15) is 30.0 Å². The van der Waals surface area contributed by atoms with Gasteiger partial charge in [-0.15, -0.1) is 0 Å². The summed E-state index contributed by atoms with van der Waals surface area (Å²) in [6, 6.07) is 4.19. The Labute approximate surface area is 300 Å². The first-order valence-corrected chi connectivity index (χ1v) is 19.7. The van der Waals surface area contributed by atoms with Gasteiger partial charge in [-0.05, 0) is 123 Å². The zero-order valence-corrected chi connectivity index (χ0v) is 31.9. The summed E-state index contributed by atoms with van der Waals surface area (Å²) in [7, 11) is 0. The van der Waals surface area contributed by atoms with Crippen LogP contribution >= 0.6 is 0 Å². The molecule has 276 valence electrons. The maximum Gasteiger partial charge on any atom is 0.187 e. The number of ether oxygens (including phenoxy) is 6. The fourth-order valence-corrected chi connectivity index (χ4v) is 14.1. The van der Waals surface area contributed by atoms with Gasteiger partial charge in [0.05, 0.1) is 34.4 Å². The molecule has 1 aromatic carbocycles. The fourth-order valence-electron chi connectivity index (χ4n) is 14.1. The third-order valence-corrected chi connectivity index (χ3v) is 16.7. The van der Waals surface area contributed by atoms with Crippen molar-refractivity contribution in [3.8, 4) is 0 Å². The Morgan fingerprint density at radius 1 is 0.765 bits per heavy atom. The van der Waals surface area contributed by atoms with E-state index in [0.29, 0.717) is 12.3 Å². The largest absolute Gasteiger partial charge is 0.386 e. The average molecular weight is 702 g/mol. The fraction of sp³-hybridized carbons (Fsp3) is 0.786. The van der Waals surface area contributed by atoms with E-state index in [1.807, 2.05) is 0 Å². The van der Waals surface area contributed by atoms with Crippen molar-refractivity contribution >= 4 is 16.7 Å². The highest BCUT2D eigenvalue weighted by Crippen LogP contribution is 2.75. The van der Waals surface area contributed by atoms with Crippen molar-refractivity contribution in [1.82, 2.24) is 4.98 Å². The third kappa shape index (κ3) is 3.50. The van der Waals surface area contributed by atoms with Crippen molar-refractivity contribution in [2.45, 2.75) is 184 Å². The van der Waals surface area contributed by atoms with Gasteiger partial charge < -0.3 is 38.5 Å². The highest BCUT2D eigenvalue weighted by Gasteiger charge is 2.87. The van der Waals surface area contributed by atoms with Gasteiger partial charge in [0.2, 0.25) is 0 Å². The predicted molar refractivity (Wildman–Crippen MR) is 188 cm³/mol. The molecule has 1 spiro atoms. The molecule has 9 aliphatic rings. The van der Waals surface area contributed by atoms with Crippen molar-refractivity contribution in [2.75, 3.05) is 0 Å². The molecule has 13 unspecified atom stereocenters. The molecule has 2 aromatic rings. The lowest BCUT2D eigenvalue weighted by molar-refractivity contribution is -0.356. The van der Waals surface area contributed by atoms with Gasteiger partial charge in [-0.2, -0.15) is 0 Å². The number of rotatable bonds is 1. The number of hydrogen-bond acceptors (Lipinski definition) is 8. The summed E-state index contributed by atoms with van der Waals surface area (Å²) in [5, 5.41) is 14.7. The van der Waals surface area contributed by atoms with E-state index in [2.05, 4.69) is 86.4 Å². The minimum atomic E-state index is -1.13. The number of carbonyl (C=O) groups is 1. The van der Waals surface area contributed by atoms with E-state index in [-0.39, 0.29) is 59.2 Å². The van der Waals surface area contributed by atoms with Crippen molar-refractivity contribution in [3.05, 3.63) is 34.5 Å². The topological polar surface area (TPSA) is 115 Å². The summed E-state index contributed by atoms with van der Waals surface area (Å²) in [6.07, 6.45) is 3.08. The summed E-state index contributed by atoms with van der Waals surface area (Å²) >= 11 is 0. The van der Waals surface area contributed by atoms with Crippen LogP contribution in [0.1, 0.15) is 122 Å². The summed E-state index contributed by atoms with van der Waals surface area (Å²) in [5.41, 5.74) is 1.15. The van der Waals surface area contributed by atoms with Gasteiger partial charge in [0, 0.05) is 38.9 Å². The van der Waals surface area contributed by atoms with Crippen LogP contribution < -0.4 is 0 Å². The van der Waals surface area contributed by atoms with Gasteiger partial charge >= 0.3 is 0 Å². The Balaban J connectivity index is 0.995. The zero-order chi connectivity index (χ0) is 35.8. The Morgan fingerprint density at radius 3 is 2.22 bits per heavy atom. The van der Waals surface area contributed by atoms with Crippen LogP contribution in [0.3, 0.4) is 0 Å². The Kier molecular flexibility index (Phi) is 5.74. The molecule has 2 N–H and O–H groups in total. The van der Waals surface area contributed by atoms with Gasteiger partial charge in [-0.3, -0.25) is 4.79 Å². The summed E-state index contributed by atoms with van der Waals surface area (Å²) in [5.74, 6) is 0.550. The average Bonchev–Trinajstić information content (AvgIpc) is 3.83. The number of Topliss-reactive ketones (excluding diaryl/α,β-unsaturated/α-hetero) is 1. The smallest absolute Gasteiger partial charge is 0.187 e. The Hall–Kier alpha value is -1.85. The summed E-state index contributed by atoms with van der Waals surface area (Å²) < 4.78 is 39.7. The van der Waals surface area contributed by atoms with E-state index in [9.17, 15) is 9.90 Å². The van der Waals surface area contributed by atoms with Crippen LogP contribution in [-0.4, -0.2) is 86.3 Å². The maximum atomic E-state index is 14.3. The first kappa shape index (κ1) is 32.6. The second-order valence-electron chi connectivity index (χ2n) is 20.5. The molecule has 5 saturated heterocycles. The number of epoxide rings is 2. The standard InChI is InChI=1S/C42H55NO8/c1-35(2)23-18-21-20(28(44)27(23)36(3,4)51-35)11-12-24-26(21)22-17-19-13-16-41(45)39(9,40(19,10)30(22)43-24)15-14-25-42(41)32(49-42)29-31(46-25)37(5,6)50-34(47-29)33-38(7,8)48-33/h11-12,19,23,25,27,29,31-34,43,45H,13-18H2,1-10H3. The van der Waals surface area contributed by atoms with E-state index >= 15 is 0 Å². The number of nitrogens with one attached hydrogen (secondary N) is 1. The van der Waals surface area contributed by atoms with Crippen LogP contribution in [0.2, 0.25) is 0 Å². The predicted octanol–water partition coefficient (Wildman–Crippen LogP) is 6.08. The zero-order valence-electron chi connectivity index (χ0n) is 31.9. The lowest BCUT2D eigenvalue weighted by Crippen LogP contribution is -2.77. The molecule has 0 bridgehead atoms. The first-order valence-electron chi connectivity index (χ1n) is 19.7. The molecule has 5 aliphatic heterocycles. The lowest BCUT2D eigenvalue weighted by Gasteiger charge is -2.66. The Morgan fingerprint density at radius 2 is 1.49 bits per heavy atom. The summed E-state index contributed by atoms with van der Waals surface area (Å²) in [4.78, 5) is 18.3. The van der Waals surface area contributed by atoms with E-state index in [4.69, 9.17) is 28.4 Å². The molecule has 4 aliphatic carbocycles. The van der Waals surface area contributed by atoms with Gasteiger partial charge in [0.15, 0.2) is 17.7 Å². The Bertz CT molecular complexity index is 1940. The van der Waals surface area contributed by atoms with Gasteiger partial charge in [-0.1, -0.05) is 13.8 Å². The van der Waals surface area contributed by atoms with Crippen molar-refractivity contribution < 1.29 is 38.3 Å². The van der Waals surface area contributed by atoms with Crippen molar-refractivity contribution in [3.63, 3.8) is 0 Å². The molecule has 1 aromatic heterocycles. The van der Waals surface area contributed by atoms with Crippen LogP contribution in [0.5, 0.6) is 0 Å². The molecule has 2 saturated carbocycles. The van der Waals surface area contributed by atoms with Crippen LogP contribution in [-0.2, 0) is 46.7 Å². The number of ketones is 1. The van der Waals surface area contributed by atoms with Crippen LogP contribution in [0, 0.1) is 23.2 Å². The minimum absolute atomic E-state index is 0.119. The molecule has 0 radical (unpaired) electrons. The second-order valence-corrected chi connectivity index (χ2v) is 20.5. The minimum Gasteiger partial charge on any atom is -0.386 e. The normalized spacial score (nSPS) is 51.3. The number of carbonyl (C=O) groups excluding carboxylic acids is 1. The molecule has 11 rings (SSSR count). The quantitative estimate of drug-likeness (QED) is 0.344. The number of hydrogen-bond donors (Lipinski definition) is 2. The molecular weight excluding hydrogens is 646 g/mol. The SMILES string of the molecule is CC1(C)OC(C)(C)C2C(=O)c3ccc4[nH]c5c(c4c3CC21)CC1CCC2(O)C34OC3C3OC(C6OC6(C)C)OC(C)(C)C3OC4CCC2(C)C51C. The third-order valence-electron chi connectivity index (χ3n) is 16.7. The van der Waals surface area contributed by atoms with Crippen molar-refractivity contribution in [1.29, 1.82) is 0 Å². The molecule has 9 nitrogen and oxygen atoms in total. The summed E-state index contributed by atoms with van der Waals surface area (Å²) in [6.45, 7) is 21.5. The first-order chi connectivity index (χ1) is 23.7. The van der Waals surface area contributed by atoms with Crippen molar-refractivity contribution in [2.24, 2.45) is 23.2 Å². The highest BCUT2D eigenvalue weighted by molar-refractivity contribution is 6.06. The molecule has 51 heavy (non-hydrogen) atoms. The number of benzene rings is 1.